The average molecular weight is 257 g/mol. The predicted molar refractivity (Wildman–Crippen MR) is 63.9 cm³/mol. The van der Waals surface area contributed by atoms with Crippen molar-refractivity contribution >= 4 is 17.9 Å². The third-order valence-electron chi connectivity index (χ3n) is 2.99. The Morgan fingerprint density at radius 1 is 1.22 bits per heavy atom. The molecule has 1 rings (SSSR count). The van der Waals surface area contributed by atoms with E-state index in [1.165, 1.54) is 11.8 Å². The molecule has 0 aromatic heterocycles. The zero-order valence-electron chi connectivity index (χ0n) is 10.6. The van der Waals surface area contributed by atoms with Gasteiger partial charge in [0, 0.05) is 33.1 Å². The molecule has 0 aliphatic carbocycles. The Hall–Kier alpha value is -1.79. The minimum absolute atomic E-state index is 0.0383. The summed E-state index contributed by atoms with van der Waals surface area (Å²) in [6, 6.07) is -0.282. The molecule has 7 heteroatoms. The number of amides is 3. The minimum atomic E-state index is -0.865. The summed E-state index contributed by atoms with van der Waals surface area (Å²) in [6.07, 6.45) is 0. The number of carbonyl (C=O) groups is 3. The molecule has 1 aliphatic rings. The third-order valence-corrected chi connectivity index (χ3v) is 2.99. The molecular formula is C11H19N3O4. The number of likely N-dealkylation sites (tertiary alicyclic amines) is 1. The molecule has 1 saturated heterocycles. The van der Waals surface area contributed by atoms with Crippen LogP contribution in [0.5, 0.6) is 0 Å². The number of nitrogens with zero attached hydrogens (tertiary/aromatic N) is 1. The monoisotopic (exact) mass is 257 g/mol. The van der Waals surface area contributed by atoms with Gasteiger partial charge in [-0.1, -0.05) is 6.92 Å². The van der Waals surface area contributed by atoms with Crippen molar-refractivity contribution in [1.29, 1.82) is 0 Å². The fraction of sp³-hybridized carbons (Fsp3) is 0.727. The van der Waals surface area contributed by atoms with Crippen molar-refractivity contribution in [1.82, 2.24) is 15.5 Å². The molecule has 7 nitrogen and oxygen atoms in total. The van der Waals surface area contributed by atoms with Gasteiger partial charge in [0.25, 0.3) is 0 Å². The maximum absolute atomic E-state index is 11.7. The summed E-state index contributed by atoms with van der Waals surface area (Å²) in [5, 5.41) is 14.2. The second-order valence-corrected chi connectivity index (χ2v) is 4.54. The van der Waals surface area contributed by atoms with Gasteiger partial charge in [0.1, 0.15) is 0 Å². The van der Waals surface area contributed by atoms with Crippen LogP contribution in [0.1, 0.15) is 13.8 Å². The number of urea groups is 1. The van der Waals surface area contributed by atoms with E-state index in [9.17, 15) is 14.4 Å². The summed E-state index contributed by atoms with van der Waals surface area (Å²) in [4.78, 5) is 34.7. The first kappa shape index (κ1) is 14.3. The van der Waals surface area contributed by atoms with Gasteiger partial charge >= 0.3 is 12.0 Å². The highest BCUT2D eigenvalue weighted by Gasteiger charge is 2.36. The normalized spacial score (nSPS) is 22.7. The second kappa shape index (κ2) is 6.23. The van der Waals surface area contributed by atoms with Gasteiger partial charge in [-0.25, -0.2) is 4.79 Å². The van der Waals surface area contributed by atoms with Crippen molar-refractivity contribution in [3.05, 3.63) is 0 Å². The molecule has 0 aromatic rings. The Bertz CT molecular complexity index is 345. The first-order chi connectivity index (χ1) is 8.41. The molecule has 0 spiro atoms. The summed E-state index contributed by atoms with van der Waals surface area (Å²) in [5.41, 5.74) is 0. The van der Waals surface area contributed by atoms with Crippen LogP contribution >= 0.6 is 0 Å². The summed E-state index contributed by atoms with van der Waals surface area (Å²) < 4.78 is 0. The lowest BCUT2D eigenvalue weighted by atomic mass is 9.99. The summed E-state index contributed by atoms with van der Waals surface area (Å²) >= 11 is 0. The number of nitrogens with one attached hydrogen (secondary N) is 2. The topological polar surface area (TPSA) is 98.7 Å². The molecule has 1 fully saturated rings. The summed E-state index contributed by atoms with van der Waals surface area (Å²) in [6.45, 7) is 4.62. The first-order valence-corrected chi connectivity index (χ1v) is 5.92. The van der Waals surface area contributed by atoms with Gasteiger partial charge in [0.15, 0.2) is 0 Å². The highest BCUT2D eigenvalue weighted by Crippen LogP contribution is 2.22. The Morgan fingerprint density at radius 3 is 2.33 bits per heavy atom. The van der Waals surface area contributed by atoms with E-state index in [4.69, 9.17) is 5.11 Å². The first-order valence-electron chi connectivity index (χ1n) is 5.92. The van der Waals surface area contributed by atoms with Crippen LogP contribution in [0.2, 0.25) is 0 Å². The fourth-order valence-electron chi connectivity index (χ4n) is 1.97. The fourth-order valence-corrected chi connectivity index (χ4v) is 1.97. The quantitative estimate of drug-likeness (QED) is 0.590. The van der Waals surface area contributed by atoms with Gasteiger partial charge in [0.2, 0.25) is 5.91 Å². The van der Waals surface area contributed by atoms with Crippen molar-refractivity contribution < 1.29 is 19.5 Å². The van der Waals surface area contributed by atoms with Gasteiger partial charge in [-0.15, -0.1) is 0 Å². The lowest BCUT2D eigenvalue weighted by Gasteiger charge is -2.16. The molecule has 2 atom stereocenters. The smallest absolute Gasteiger partial charge is 0.317 e. The van der Waals surface area contributed by atoms with E-state index in [-0.39, 0.29) is 24.4 Å². The molecule has 0 radical (unpaired) electrons. The number of rotatable bonds is 4. The van der Waals surface area contributed by atoms with Gasteiger partial charge in [0.05, 0.1) is 5.92 Å². The van der Waals surface area contributed by atoms with Crippen LogP contribution in [-0.2, 0) is 9.59 Å². The van der Waals surface area contributed by atoms with Crippen LogP contribution in [0.25, 0.3) is 0 Å². The van der Waals surface area contributed by atoms with E-state index < -0.39 is 11.9 Å². The third kappa shape index (κ3) is 3.90. The van der Waals surface area contributed by atoms with Gasteiger partial charge in [-0.3, -0.25) is 9.59 Å². The molecule has 1 aliphatic heterocycles. The van der Waals surface area contributed by atoms with Crippen molar-refractivity contribution in [3.8, 4) is 0 Å². The van der Waals surface area contributed by atoms with E-state index in [0.717, 1.165) is 0 Å². The van der Waals surface area contributed by atoms with Crippen molar-refractivity contribution in [2.75, 3.05) is 26.2 Å². The summed E-state index contributed by atoms with van der Waals surface area (Å²) in [5.74, 6) is -1.55. The molecule has 18 heavy (non-hydrogen) atoms. The number of hydrogen-bond donors (Lipinski definition) is 3. The molecule has 3 amide bonds. The van der Waals surface area contributed by atoms with Crippen LogP contribution in [0.4, 0.5) is 4.79 Å². The standard InChI is InChI=1S/C11H19N3O4/c1-7-5-14(6-9(7)10(16)17)11(18)13-4-3-12-8(2)15/h7,9H,3-6H2,1-2H3,(H,12,15)(H,13,18)(H,16,17)/t7-,9-/m1/s1. The molecule has 102 valence electrons. The molecule has 0 saturated carbocycles. The minimum Gasteiger partial charge on any atom is -0.481 e. The van der Waals surface area contributed by atoms with E-state index in [1.54, 1.807) is 0 Å². The lowest BCUT2D eigenvalue weighted by molar-refractivity contribution is -0.142. The van der Waals surface area contributed by atoms with Crippen LogP contribution in [-0.4, -0.2) is 54.1 Å². The van der Waals surface area contributed by atoms with E-state index >= 15 is 0 Å². The Balaban J connectivity index is 2.31. The molecule has 3 N–H and O–H groups in total. The van der Waals surface area contributed by atoms with E-state index in [0.29, 0.717) is 19.6 Å². The Kier molecular flexibility index (Phi) is 4.94. The van der Waals surface area contributed by atoms with Crippen molar-refractivity contribution in [2.45, 2.75) is 13.8 Å². The maximum Gasteiger partial charge on any atom is 0.317 e. The number of carboxylic acids is 1. The molecule has 0 unspecified atom stereocenters. The SMILES string of the molecule is CC(=O)NCCNC(=O)N1C[C@@H](C)[C@H](C(=O)O)C1. The van der Waals surface area contributed by atoms with E-state index in [2.05, 4.69) is 10.6 Å². The summed E-state index contributed by atoms with van der Waals surface area (Å²) in [7, 11) is 0. The predicted octanol–water partition coefficient (Wildman–Crippen LogP) is -0.515. The zero-order valence-corrected chi connectivity index (χ0v) is 10.6. The highest BCUT2D eigenvalue weighted by atomic mass is 16.4. The largest absolute Gasteiger partial charge is 0.481 e. The van der Waals surface area contributed by atoms with Crippen LogP contribution in [0.3, 0.4) is 0 Å². The van der Waals surface area contributed by atoms with Crippen LogP contribution < -0.4 is 10.6 Å². The highest BCUT2D eigenvalue weighted by molar-refractivity contribution is 5.77. The number of hydrogen-bond acceptors (Lipinski definition) is 3. The van der Waals surface area contributed by atoms with Gasteiger partial charge in [-0.2, -0.15) is 0 Å². The Morgan fingerprint density at radius 2 is 1.83 bits per heavy atom. The number of aliphatic carboxylic acids is 1. The number of carboxylic acid groups (broad SMARTS) is 1. The number of carbonyl (C=O) groups excluding carboxylic acids is 2. The van der Waals surface area contributed by atoms with Gasteiger partial charge in [-0.05, 0) is 5.92 Å². The average Bonchev–Trinajstić information content (AvgIpc) is 2.66. The molecule has 1 heterocycles. The van der Waals surface area contributed by atoms with Crippen LogP contribution in [0.15, 0.2) is 0 Å². The maximum atomic E-state index is 11.7. The second-order valence-electron chi connectivity index (χ2n) is 4.54. The molecular weight excluding hydrogens is 238 g/mol. The molecule has 0 bridgehead atoms. The van der Waals surface area contributed by atoms with Crippen molar-refractivity contribution in [3.63, 3.8) is 0 Å². The van der Waals surface area contributed by atoms with E-state index in [1.807, 2.05) is 6.92 Å². The lowest BCUT2D eigenvalue weighted by Crippen LogP contribution is -2.42. The molecule has 0 aromatic carbocycles. The van der Waals surface area contributed by atoms with Crippen LogP contribution in [0, 0.1) is 11.8 Å². The van der Waals surface area contributed by atoms with Gasteiger partial charge < -0.3 is 20.6 Å². The zero-order chi connectivity index (χ0) is 13.7. The van der Waals surface area contributed by atoms with Crippen molar-refractivity contribution in [2.24, 2.45) is 11.8 Å². The Labute approximate surface area is 106 Å².